The van der Waals surface area contributed by atoms with E-state index in [1.807, 2.05) is 6.92 Å². The number of para-hydroxylation sites is 1. The molecule has 88 valence electrons. The molecule has 1 aromatic carbocycles. The van der Waals surface area contributed by atoms with Crippen molar-refractivity contribution in [3.05, 3.63) is 29.3 Å². The van der Waals surface area contributed by atoms with Gasteiger partial charge in [0.05, 0.1) is 5.56 Å². The Bertz CT molecular complexity index is 384. The van der Waals surface area contributed by atoms with Gasteiger partial charge in [0.2, 0.25) is 0 Å². The van der Waals surface area contributed by atoms with Crippen LogP contribution >= 0.6 is 0 Å². The predicted octanol–water partition coefficient (Wildman–Crippen LogP) is 3.84. The summed E-state index contributed by atoms with van der Waals surface area (Å²) in [4.78, 5) is 0. The highest BCUT2D eigenvalue weighted by atomic mass is 19.4. The molecule has 0 unspecified atom stereocenters. The van der Waals surface area contributed by atoms with Gasteiger partial charge in [-0.25, -0.2) is 0 Å². The molecule has 0 saturated carbocycles. The molecule has 2 rings (SSSR count). The molecule has 4 heteroatoms. The first kappa shape index (κ1) is 11.3. The summed E-state index contributed by atoms with van der Waals surface area (Å²) < 4.78 is 38.3. The van der Waals surface area contributed by atoms with Crippen LogP contribution in [0.4, 0.5) is 18.9 Å². The van der Waals surface area contributed by atoms with Crippen LogP contribution in [0.5, 0.6) is 0 Å². The lowest BCUT2D eigenvalue weighted by Gasteiger charge is -2.28. The molecular formula is C12H14F3N. The Morgan fingerprint density at radius 2 is 2.12 bits per heavy atom. The zero-order chi connectivity index (χ0) is 11.8. The number of hydrogen-bond acceptors (Lipinski definition) is 1. The zero-order valence-corrected chi connectivity index (χ0v) is 9.06. The standard InChI is InChI=1S/C12H14F3N/c1-2-9-7-6-8-4-3-5-10(11(8)16-9)12(13,14)15/h3-5,9,16H,2,6-7H2,1H3/t9-/m0/s1. The fourth-order valence-electron chi connectivity index (χ4n) is 2.13. The Hall–Kier alpha value is -1.19. The topological polar surface area (TPSA) is 12.0 Å². The van der Waals surface area contributed by atoms with Crippen LogP contribution in [0.1, 0.15) is 30.9 Å². The summed E-state index contributed by atoms with van der Waals surface area (Å²) >= 11 is 0. The summed E-state index contributed by atoms with van der Waals surface area (Å²) in [5.41, 5.74) is 0.524. The number of alkyl halides is 3. The van der Waals surface area contributed by atoms with Crippen molar-refractivity contribution < 1.29 is 13.2 Å². The number of halogens is 3. The van der Waals surface area contributed by atoms with Crippen molar-refractivity contribution in [3.8, 4) is 0 Å². The summed E-state index contributed by atoms with van der Waals surface area (Å²) in [6, 6.07) is 4.55. The van der Waals surface area contributed by atoms with Gasteiger partial charge in [0.1, 0.15) is 0 Å². The quantitative estimate of drug-likeness (QED) is 0.771. The molecule has 1 aromatic rings. The molecule has 1 aliphatic heterocycles. The monoisotopic (exact) mass is 229 g/mol. The maximum atomic E-state index is 12.8. The van der Waals surface area contributed by atoms with Crippen LogP contribution in [0.15, 0.2) is 18.2 Å². The molecule has 1 nitrogen and oxygen atoms in total. The molecule has 0 aliphatic carbocycles. The molecule has 0 bridgehead atoms. The van der Waals surface area contributed by atoms with E-state index in [4.69, 9.17) is 0 Å². The Morgan fingerprint density at radius 3 is 2.75 bits per heavy atom. The van der Waals surface area contributed by atoms with Crippen LogP contribution in [0.25, 0.3) is 0 Å². The fourth-order valence-corrected chi connectivity index (χ4v) is 2.13. The van der Waals surface area contributed by atoms with E-state index in [1.54, 1.807) is 6.07 Å². The molecule has 16 heavy (non-hydrogen) atoms. The molecule has 0 spiro atoms. The first-order valence-corrected chi connectivity index (χ1v) is 5.48. The Kier molecular flexibility index (Phi) is 2.82. The molecule has 0 aromatic heterocycles. The number of hydrogen-bond donors (Lipinski definition) is 1. The van der Waals surface area contributed by atoms with E-state index in [9.17, 15) is 13.2 Å². The highest BCUT2D eigenvalue weighted by Crippen LogP contribution is 2.39. The van der Waals surface area contributed by atoms with Gasteiger partial charge in [-0.3, -0.25) is 0 Å². The summed E-state index contributed by atoms with van der Waals surface area (Å²) in [5.74, 6) is 0. The number of benzene rings is 1. The number of anilines is 1. The minimum Gasteiger partial charge on any atom is -0.382 e. The van der Waals surface area contributed by atoms with E-state index >= 15 is 0 Å². The van der Waals surface area contributed by atoms with Crippen molar-refractivity contribution in [2.75, 3.05) is 5.32 Å². The van der Waals surface area contributed by atoms with Crippen molar-refractivity contribution in [2.24, 2.45) is 0 Å². The van der Waals surface area contributed by atoms with E-state index in [0.717, 1.165) is 30.9 Å². The smallest absolute Gasteiger partial charge is 0.382 e. The second-order valence-electron chi connectivity index (χ2n) is 4.13. The molecule has 1 atom stereocenters. The number of nitrogens with one attached hydrogen (secondary N) is 1. The first-order valence-electron chi connectivity index (χ1n) is 5.48. The van der Waals surface area contributed by atoms with E-state index in [-0.39, 0.29) is 11.7 Å². The van der Waals surface area contributed by atoms with Crippen molar-refractivity contribution >= 4 is 5.69 Å². The average molecular weight is 229 g/mol. The van der Waals surface area contributed by atoms with Crippen LogP contribution in [-0.4, -0.2) is 6.04 Å². The number of rotatable bonds is 1. The summed E-state index contributed by atoms with van der Waals surface area (Å²) in [7, 11) is 0. The molecule has 0 fully saturated rings. The van der Waals surface area contributed by atoms with Crippen LogP contribution < -0.4 is 5.32 Å². The summed E-state index contributed by atoms with van der Waals surface area (Å²) in [6.45, 7) is 1.98. The van der Waals surface area contributed by atoms with Gasteiger partial charge in [0, 0.05) is 11.7 Å². The van der Waals surface area contributed by atoms with E-state index < -0.39 is 11.7 Å². The highest BCUT2D eigenvalue weighted by Gasteiger charge is 2.35. The van der Waals surface area contributed by atoms with Gasteiger partial charge in [-0.05, 0) is 30.9 Å². The summed E-state index contributed by atoms with van der Waals surface area (Å²) in [6.07, 6.45) is -1.78. The lowest BCUT2D eigenvalue weighted by Crippen LogP contribution is -2.27. The molecule has 0 amide bonds. The summed E-state index contributed by atoms with van der Waals surface area (Å²) in [5, 5.41) is 3.00. The number of aryl methyl sites for hydroxylation is 1. The van der Waals surface area contributed by atoms with Gasteiger partial charge in [0.25, 0.3) is 0 Å². The van der Waals surface area contributed by atoms with Crippen LogP contribution in [0.3, 0.4) is 0 Å². The zero-order valence-electron chi connectivity index (χ0n) is 9.06. The van der Waals surface area contributed by atoms with Gasteiger partial charge < -0.3 is 5.32 Å². The first-order chi connectivity index (χ1) is 7.52. The van der Waals surface area contributed by atoms with Gasteiger partial charge >= 0.3 is 6.18 Å². The largest absolute Gasteiger partial charge is 0.418 e. The Balaban J connectivity index is 2.42. The van der Waals surface area contributed by atoms with Crippen molar-refractivity contribution in [3.63, 3.8) is 0 Å². The SMILES string of the molecule is CC[C@H]1CCc2cccc(C(F)(F)F)c2N1. The average Bonchev–Trinajstić information content (AvgIpc) is 2.26. The Morgan fingerprint density at radius 1 is 1.38 bits per heavy atom. The normalized spacial score (nSPS) is 20.1. The maximum Gasteiger partial charge on any atom is 0.418 e. The molecule has 0 radical (unpaired) electrons. The van der Waals surface area contributed by atoms with Crippen LogP contribution in [0.2, 0.25) is 0 Å². The molecule has 1 aliphatic rings. The van der Waals surface area contributed by atoms with E-state index in [2.05, 4.69) is 5.32 Å². The minimum absolute atomic E-state index is 0.163. The van der Waals surface area contributed by atoms with Gasteiger partial charge in [-0.1, -0.05) is 19.1 Å². The fraction of sp³-hybridized carbons (Fsp3) is 0.500. The Labute approximate surface area is 92.7 Å². The maximum absolute atomic E-state index is 12.8. The second kappa shape index (κ2) is 4.00. The van der Waals surface area contributed by atoms with Crippen molar-refractivity contribution in [2.45, 2.75) is 38.4 Å². The lowest BCUT2D eigenvalue weighted by molar-refractivity contribution is -0.137. The molecule has 1 N–H and O–H groups in total. The van der Waals surface area contributed by atoms with E-state index in [0.29, 0.717) is 0 Å². The molecular weight excluding hydrogens is 215 g/mol. The molecule has 0 saturated heterocycles. The minimum atomic E-state index is -4.27. The third-order valence-corrected chi connectivity index (χ3v) is 3.06. The van der Waals surface area contributed by atoms with Crippen LogP contribution in [0, 0.1) is 0 Å². The second-order valence-corrected chi connectivity index (χ2v) is 4.13. The van der Waals surface area contributed by atoms with Crippen molar-refractivity contribution in [1.82, 2.24) is 0 Å². The van der Waals surface area contributed by atoms with Crippen molar-refractivity contribution in [1.29, 1.82) is 0 Å². The molecule has 1 heterocycles. The van der Waals surface area contributed by atoms with Gasteiger partial charge in [-0.2, -0.15) is 13.2 Å². The van der Waals surface area contributed by atoms with Gasteiger partial charge in [0.15, 0.2) is 0 Å². The van der Waals surface area contributed by atoms with Gasteiger partial charge in [-0.15, -0.1) is 0 Å². The third-order valence-electron chi connectivity index (χ3n) is 3.06. The third kappa shape index (κ3) is 2.01. The predicted molar refractivity (Wildman–Crippen MR) is 57.5 cm³/mol. The lowest BCUT2D eigenvalue weighted by atomic mass is 9.94. The number of fused-ring (bicyclic) bond motifs is 1. The van der Waals surface area contributed by atoms with Crippen LogP contribution in [-0.2, 0) is 12.6 Å². The highest BCUT2D eigenvalue weighted by molar-refractivity contribution is 5.61. The van der Waals surface area contributed by atoms with E-state index in [1.165, 1.54) is 6.07 Å².